The number of amides is 1. The summed E-state index contributed by atoms with van der Waals surface area (Å²) >= 11 is 0. The summed E-state index contributed by atoms with van der Waals surface area (Å²) in [7, 11) is 1.91. The van der Waals surface area contributed by atoms with Crippen molar-refractivity contribution in [3.05, 3.63) is 0 Å². The van der Waals surface area contributed by atoms with Gasteiger partial charge in [-0.15, -0.1) is 0 Å². The normalized spacial score (nSPS) is 17.1. The van der Waals surface area contributed by atoms with E-state index < -0.39 is 0 Å². The van der Waals surface area contributed by atoms with Crippen LogP contribution in [-0.2, 0) is 4.79 Å². The van der Waals surface area contributed by atoms with Crippen LogP contribution < -0.4 is 0 Å². The van der Waals surface area contributed by atoms with Gasteiger partial charge < -0.3 is 10.0 Å². The third-order valence-electron chi connectivity index (χ3n) is 3.77. The van der Waals surface area contributed by atoms with E-state index in [0.29, 0.717) is 11.8 Å². The lowest BCUT2D eigenvalue weighted by atomic mass is 9.87. The van der Waals surface area contributed by atoms with Gasteiger partial charge in [-0.1, -0.05) is 19.3 Å². The average molecular weight is 241 g/mol. The fourth-order valence-corrected chi connectivity index (χ4v) is 2.56. The topological polar surface area (TPSA) is 40.5 Å². The van der Waals surface area contributed by atoms with Gasteiger partial charge in [0.15, 0.2) is 0 Å². The van der Waals surface area contributed by atoms with Crippen molar-refractivity contribution in [3.63, 3.8) is 0 Å². The molecule has 0 aromatic carbocycles. The predicted molar refractivity (Wildman–Crippen MR) is 69.8 cm³/mol. The molecule has 0 bridgehead atoms. The molecule has 1 fully saturated rings. The summed E-state index contributed by atoms with van der Waals surface area (Å²) in [6, 6.07) is 0. The van der Waals surface area contributed by atoms with Gasteiger partial charge in [-0.2, -0.15) is 0 Å². The zero-order valence-corrected chi connectivity index (χ0v) is 11.2. The largest absolute Gasteiger partial charge is 0.396 e. The number of aliphatic hydroxyl groups is 1. The number of carbonyl (C=O) groups excluding carboxylic acids is 1. The molecular formula is C14H27NO2. The van der Waals surface area contributed by atoms with Crippen molar-refractivity contribution < 1.29 is 9.90 Å². The van der Waals surface area contributed by atoms with Crippen LogP contribution in [0.1, 0.15) is 57.8 Å². The molecule has 0 atom stereocenters. The second kappa shape index (κ2) is 8.51. The standard InChI is InChI=1S/C14H27NO2/c1-15(10-6-3-7-11-16)14(17)12-13-8-4-2-5-9-13/h13,16H,2-12H2,1H3. The second-order valence-electron chi connectivity index (χ2n) is 5.31. The van der Waals surface area contributed by atoms with Crippen LogP contribution in [0.3, 0.4) is 0 Å². The lowest BCUT2D eigenvalue weighted by molar-refractivity contribution is -0.131. The summed E-state index contributed by atoms with van der Waals surface area (Å²) < 4.78 is 0. The van der Waals surface area contributed by atoms with Crippen molar-refractivity contribution in [2.45, 2.75) is 57.8 Å². The van der Waals surface area contributed by atoms with Crippen LogP contribution in [0, 0.1) is 5.92 Å². The van der Waals surface area contributed by atoms with Crippen molar-refractivity contribution in [1.29, 1.82) is 0 Å². The van der Waals surface area contributed by atoms with Crippen LogP contribution in [-0.4, -0.2) is 36.1 Å². The van der Waals surface area contributed by atoms with Crippen molar-refractivity contribution >= 4 is 5.91 Å². The Kier molecular flexibility index (Phi) is 7.25. The molecule has 0 aliphatic heterocycles. The molecule has 1 aliphatic rings. The first-order valence-electron chi connectivity index (χ1n) is 7.09. The zero-order chi connectivity index (χ0) is 12.5. The van der Waals surface area contributed by atoms with Crippen LogP contribution >= 0.6 is 0 Å². The Balaban J connectivity index is 2.12. The van der Waals surface area contributed by atoms with Gasteiger partial charge >= 0.3 is 0 Å². The number of carbonyl (C=O) groups is 1. The third kappa shape index (κ3) is 6.06. The number of hydrogen-bond acceptors (Lipinski definition) is 2. The van der Waals surface area contributed by atoms with E-state index in [2.05, 4.69) is 0 Å². The van der Waals surface area contributed by atoms with Gasteiger partial charge in [0, 0.05) is 26.6 Å². The smallest absolute Gasteiger partial charge is 0.222 e. The van der Waals surface area contributed by atoms with Gasteiger partial charge in [-0.25, -0.2) is 0 Å². The summed E-state index contributed by atoms with van der Waals surface area (Å²) in [6.45, 7) is 1.10. The van der Waals surface area contributed by atoms with Gasteiger partial charge in [0.1, 0.15) is 0 Å². The molecule has 17 heavy (non-hydrogen) atoms. The molecule has 100 valence electrons. The molecule has 0 radical (unpaired) electrons. The molecule has 0 unspecified atom stereocenters. The highest BCUT2D eigenvalue weighted by Gasteiger charge is 2.18. The molecule has 1 saturated carbocycles. The van der Waals surface area contributed by atoms with E-state index in [1.807, 2.05) is 11.9 Å². The van der Waals surface area contributed by atoms with Gasteiger partial charge in [0.2, 0.25) is 5.91 Å². The van der Waals surface area contributed by atoms with E-state index in [4.69, 9.17) is 5.11 Å². The Bertz CT molecular complexity index is 212. The lowest BCUT2D eigenvalue weighted by Crippen LogP contribution is -2.29. The third-order valence-corrected chi connectivity index (χ3v) is 3.77. The Morgan fingerprint density at radius 3 is 2.53 bits per heavy atom. The Morgan fingerprint density at radius 1 is 1.18 bits per heavy atom. The Morgan fingerprint density at radius 2 is 1.88 bits per heavy atom. The Labute approximate surface area is 105 Å². The molecular weight excluding hydrogens is 214 g/mol. The summed E-state index contributed by atoms with van der Waals surface area (Å²) in [5, 5.41) is 8.68. The number of aliphatic hydroxyl groups excluding tert-OH is 1. The number of nitrogens with zero attached hydrogens (tertiary/aromatic N) is 1. The molecule has 1 aliphatic carbocycles. The first kappa shape index (κ1) is 14.5. The van der Waals surface area contributed by atoms with E-state index in [1.165, 1.54) is 32.1 Å². The van der Waals surface area contributed by atoms with Gasteiger partial charge in [0.05, 0.1) is 0 Å². The first-order chi connectivity index (χ1) is 8.24. The number of unbranched alkanes of at least 4 members (excludes halogenated alkanes) is 2. The van der Waals surface area contributed by atoms with Gasteiger partial charge in [-0.05, 0) is 38.0 Å². The van der Waals surface area contributed by atoms with E-state index in [1.54, 1.807) is 0 Å². The van der Waals surface area contributed by atoms with Crippen LogP contribution in [0.5, 0.6) is 0 Å². The summed E-state index contributed by atoms with van der Waals surface area (Å²) in [6.07, 6.45) is 10.1. The maximum absolute atomic E-state index is 12.0. The van der Waals surface area contributed by atoms with Crippen LogP contribution in [0.15, 0.2) is 0 Å². The molecule has 3 nitrogen and oxygen atoms in total. The van der Waals surface area contributed by atoms with E-state index in [-0.39, 0.29) is 6.61 Å². The monoisotopic (exact) mass is 241 g/mol. The minimum atomic E-state index is 0.264. The van der Waals surface area contributed by atoms with Gasteiger partial charge in [0.25, 0.3) is 0 Å². The summed E-state index contributed by atoms with van der Waals surface area (Å²) in [4.78, 5) is 13.8. The van der Waals surface area contributed by atoms with Gasteiger partial charge in [-0.3, -0.25) is 4.79 Å². The lowest BCUT2D eigenvalue weighted by Gasteiger charge is -2.24. The van der Waals surface area contributed by atoms with Crippen molar-refractivity contribution in [3.8, 4) is 0 Å². The molecule has 1 N–H and O–H groups in total. The molecule has 0 aromatic heterocycles. The maximum Gasteiger partial charge on any atom is 0.222 e. The molecule has 3 heteroatoms. The first-order valence-corrected chi connectivity index (χ1v) is 7.09. The molecule has 1 amide bonds. The molecule has 0 spiro atoms. The molecule has 0 heterocycles. The summed E-state index contributed by atoms with van der Waals surface area (Å²) in [5.74, 6) is 0.942. The quantitative estimate of drug-likeness (QED) is 0.696. The highest BCUT2D eigenvalue weighted by Crippen LogP contribution is 2.26. The fraction of sp³-hybridized carbons (Fsp3) is 0.929. The Hall–Kier alpha value is -0.570. The average Bonchev–Trinajstić information content (AvgIpc) is 2.35. The number of hydrogen-bond donors (Lipinski definition) is 1. The number of rotatable bonds is 7. The van der Waals surface area contributed by atoms with E-state index >= 15 is 0 Å². The SMILES string of the molecule is CN(CCCCCO)C(=O)CC1CCCCC1. The zero-order valence-electron chi connectivity index (χ0n) is 11.2. The molecule has 1 rings (SSSR count). The maximum atomic E-state index is 12.0. The molecule has 0 saturated heterocycles. The minimum Gasteiger partial charge on any atom is -0.396 e. The van der Waals surface area contributed by atoms with Crippen molar-refractivity contribution in [2.24, 2.45) is 5.92 Å². The van der Waals surface area contributed by atoms with Crippen LogP contribution in [0.2, 0.25) is 0 Å². The minimum absolute atomic E-state index is 0.264. The summed E-state index contributed by atoms with van der Waals surface area (Å²) in [5.41, 5.74) is 0. The fourth-order valence-electron chi connectivity index (χ4n) is 2.56. The van der Waals surface area contributed by atoms with E-state index in [9.17, 15) is 4.79 Å². The highest BCUT2D eigenvalue weighted by atomic mass is 16.2. The molecule has 0 aromatic rings. The van der Waals surface area contributed by atoms with Crippen LogP contribution in [0.25, 0.3) is 0 Å². The predicted octanol–water partition coefficient (Wildman–Crippen LogP) is 2.58. The second-order valence-corrected chi connectivity index (χ2v) is 5.31. The van der Waals surface area contributed by atoms with Crippen molar-refractivity contribution in [1.82, 2.24) is 4.90 Å². The highest BCUT2D eigenvalue weighted by molar-refractivity contribution is 5.76. The van der Waals surface area contributed by atoms with Crippen molar-refractivity contribution in [2.75, 3.05) is 20.2 Å². The van der Waals surface area contributed by atoms with E-state index in [0.717, 1.165) is 32.2 Å². The van der Waals surface area contributed by atoms with Crippen LogP contribution in [0.4, 0.5) is 0 Å².